The molecule has 4 unspecified atom stereocenters. The molecule has 56 heavy (non-hydrogen) atoms. The maximum absolute atomic E-state index is 6.76. The van der Waals surface area contributed by atoms with Crippen molar-refractivity contribution < 1.29 is 18.9 Å². The number of H-pyrrole nitrogens is 1. The third-order valence-electron chi connectivity index (χ3n) is 13.2. The Labute approximate surface area is 330 Å². The number of benzene rings is 2. The highest BCUT2D eigenvalue weighted by Gasteiger charge is 2.55. The number of methoxy groups -OCH3 is 2. The number of aryl methyl sites for hydroxylation is 1. The summed E-state index contributed by atoms with van der Waals surface area (Å²) in [7, 11) is 3.34. The van der Waals surface area contributed by atoms with E-state index in [9.17, 15) is 0 Å². The van der Waals surface area contributed by atoms with E-state index < -0.39 is 5.79 Å². The van der Waals surface area contributed by atoms with E-state index in [0.29, 0.717) is 24.5 Å². The molecule has 1 aliphatic heterocycles. The van der Waals surface area contributed by atoms with Crippen LogP contribution in [0, 0.1) is 11.8 Å². The van der Waals surface area contributed by atoms with Gasteiger partial charge in [-0.1, -0.05) is 33.3 Å². The van der Waals surface area contributed by atoms with Gasteiger partial charge < -0.3 is 33.8 Å². The molecule has 2 aromatic carbocycles. The molecule has 0 spiro atoms. The molecule has 5 aromatic rings. The molecular formula is C45H59N7O4. The van der Waals surface area contributed by atoms with E-state index in [4.69, 9.17) is 28.9 Å². The zero-order valence-electron chi connectivity index (χ0n) is 34.2. The number of imidazole rings is 1. The monoisotopic (exact) mass is 761 g/mol. The first-order valence-electron chi connectivity index (χ1n) is 20.8. The molecule has 0 bridgehead atoms. The molecule has 3 aromatic heterocycles. The Kier molecular flexibility index (Phi) is 9.77. The molecule has 4 fully saturated rings. The summed E-state index contributed by atoms with van der Waals surface area (Å²) in [4.78, 5) is 21.0. The van der Waals surface area contributed by atoms with Crippen LogP contribution in [0.1, 0.15) is 103 Å². The van der Waals surface area contributed by atoms with Crippen LogP contribution < -0.4 is 14.8 Å². The minimum atomic E-state index is -0.623. The lowest BCUT2D eigenvalue weighted by Gasteiger charge is -2.50. The summed E-state index contributed by atoms with van der Waals surface area (Å²) in [6.07, 6.45) is 13.5. The Balaban J connectivity index is 0.876. The van der Waals surface area contributed by atoms with Crippen molar-refractivity contribution in [1.29, 1.82) is 0 Å². The summed E-state index contributed by atoms with van der Waals surface area (Å²) >= 11 is 0. The predicted octanol–water partition coefficient (Wildman–Crippen LogP) is 8.58. The van der Waals surface area contributed by atoms with Gasteiger partial charge in [0, 0.05) is 55.3 Å². The van der Waals surface area contributed by atoms with Crippen molar-refractivity contribution in [3.8, 4) is 11.5 Å². The first kappa shape index (κ1) is 37.4. The zero-order chi connectivity index (χ0) is 38.8. The first-order chi connectivity index (χ1) is 27.0. The number of aromatic amines is 1. The van der Waals surface area contributed by atoms with Crippen molar-refractivity contribution in [3.63, 3.8) is 0 Å². The fourth-order valence-electron chi connectivity index (χ4n) is 9.84. The van der Waals surface area contributed by atoms with Crippen LogP contribution in [-0.4, -0.2) is 80.2 Å². The number of fused-ring (bicyclic) bond motifs is 3. The van der Waals surface area contributed by atoms with Gasteiger partial charge in [-0.25, -0.2) is 15.0 Å². The fourth-order valence-corrected chi connectivity index (χ4v) is 9.84. The summed E-state index contributed by atoms with van der Waals surface area (Å²) in [6, 6.07) is 16.1. The van der Waals surface area contributed by atoms with Crippen molar-refractivity contribution in [2.75, 3.05) is 26.1 Å². The van der Waals surface area contributed by atoms with Gasteiger partial charge in [0.2, 0.25) is 0 Å². The second-order valence-corrected chi connectivity index (χ2v) is 18.3. The highest BCUT2D eigenvalue weighted by Crippen LogP contribution is 2.50. The maximum Gasteiger partial charge on any atom is 0.163 e. The van der Waals surface area contributed by atoms with Gasteiger partial charge in [0.1, 0.15) is 41.2 Å². The van der Waals surface area contributed by atoms with Gasteiger partial charge >= 0.3 is 0 Å². The second kappa shape index (κ2) is 14.6. The average molecular weight is 762 g/mol. The van der Waals surface area contributed by atoms with Crippen LogP contribution >= 0.6 is 0 Å². The highest BCUT2D eigenvalue weighted by atomic mass is 16.8. The molecule has 4 atom stereocenters. The Morgan fingerprint density at radius 2 is 1.79 bits per heavy atom. The minimum absolute atomic E-state index is 0.0406. The molecule has 11 nitrogen and oxygen atoms in total. The van der Waals surface area contributed by atoms with Gasteiger partial charge in [-0.2, -0.15) is 0 Å². The smallest absolute Gasteiger partial charge is 0.163 e. The van der Waals surface area contributed by atoms with Gasteiger partial charge in [0.05, 0.1) is 42.8 Å². The minimum Gasteiger partial charge on any atom is -0.497 e. The van der Waals surface area contributed by atoms with Crippen LogP contribution in [0.3, 0.4) is 0 Å². The van der Waals surface area contributed by atoms with Crippen molar-refractivity contribution in [1.82, 2.24) is 29.4 Å². The Hall–Kier alpha value is -4.19. The van der Waals surface area contributed by atoms with Gasteiger partial charge in [-0.05, 0) is 99.6 Å². The van der Waals surface area contributed by atoms with Crippen LogP contribution in [0.4, 0.5) is 5.82 Å². The Morgan fingerprint density at radius 3 is 2.54 bits per heavy atom. The van der Waals surface area contributed by atoms with Gasteiger partial charge in [0.25, 0.3) is 0 Å². The normalized spacial score (nSPS) is 26.1. The summed E-state index contributed by atoms with van der Waals surface area (Å²) in [5.74, 6) is 3.95. The molecule has 0 radical (unpaired) electrons. The van der Waals surface area contributed by atoms with Crippen molar-refractivity contribution in [2.45, 2.75) is 134 Å². The number of anilines is 1. The maximum atomic E-state index is 6.76. The summed E-state index contributed by atoms with van der Waals surface area (Å²) in [5, 5.41) is 4.54. The Morgan fingerprint density at radius 1 is 0.964 bits per heavy atom. The van der Waals surface area contributed by atoms with Crippen LogP contribution in [-0.2, 0) is 27.9 Å². The summed E-state index contributed by atoms with van der Waals surface area (Å²) in [6.45, 7) is 12.5. The molecule has 11 heteroatoms. The van der Waals surface area contributed by atoms with E-state index >= 15 is 0 Å². The number of hydrogen-bond acceptors (Lipinski definition) is 9. The van der Waals surface area contributed by atoms with Crippen LogP contribution in [0.15, 0.2) is 55.0 Å². The SMILES string of the molecule is COc1ccc(CNc2ncnc3c2ccn3C2CC(CN(C3CCC3)C3CC(CCc4nc5ccc(C(C)(C)C)cc5[nH]4)C3)C3OC(C)(C)OC32)c(OC)c1. The van der Waals surface area contributed by atoms with Gasteiger partial charge in [-0.3, -0.25) is 4.90 Å². The van der Waals surface area contributed by atoms with Crippen molar-refractivity contribution in [3.05, 3.63) is 71.9 Å². The van der Waals surface area contributed by atoms with Crippen molar-refractivity contribution in [2.24, 2.45) is 11.8 Å². The quantitative estimate of drug-likeness (QED) is 0.122. The fraction of sp³-hybridized carbons (Fsp3) is 0.578. The third kappa shape index (κ3) is 7.15. The molecule has 9 rings (SSSR count). The number of ether oxygens (including phenoxy) is 4. The molecule has 1 saturated heterocycles. The zero-order valence-corrected chi connectivity index (χ0v) is 34.2. The lowest BCUT2D eigenvalue weighted by atomic mass is 9.74. The topological polar surface area (TPSA) is 112 Å². The molecule has 3 aliphatic carbocycles. The van der Waals surface area contributed by atoms with Crippen LogP contribution in [0.25, 0.3) is 22.1 Å². The molecule has 0 amide bonds. The van der Waals surface area contributed by atoms with Crippen LogP contribution in [0.2, 0.25) is 0 Å². The molecular weight excluding hydrogens is 703 g/mol. The largest absolute Gasteiger partial charge is 0.497 e. The van der Waals surface area contributed by atoms with E-state index in [1.807, 2.05) is 18.2 Å². The average Bonchev–Trinajstić information content (AvgIpc) is 3.90. The number of aromatic nitrogens is 5. The van der Waals surface area contributed by atoms with Gasteiger partial charge in [-0.15, -0.1) is 0 Å². The molecule has 4 heterocycles. The molecule has 4 aliphatic rings. The standard InChI is InChI=1S/C45H59N7O4/c1-44(2,3)30-13-15-35-36(22-30)50-39(49-35)16-11-27-19-32(20-27)52(31-9-8-10-31)25-29-21-37(41-40(29)55-45(4,5)56-41)51-18-17-34-42(47-26-48-43(34)51)46-24-28-12-14-33(53-6)23-38(28)54-7/h12-15,17-18,22-23,26-27,29,31-32,37,40-41H,8-11,16,19-21,24-25H2,1-7H3,(H,49,50)(H,46,47,48). The Bertz CT molecular complexity index is 2180. The lowest BCUT2D eigenvalue weighted by Crippen LogP contribution is -2.54. The summed E-state index contributed by atoms with van der Waals surface area (Å²) < 4.78 is 26.9. The van der Waals surface area contributed by atoms with Crippen LogP contribution in [0.5, 0.6) is 11.5 Å². The molecule has 3 saturated carbocycles. The third-order valence-corrected chi connectivity index (χ3v) is 13.2. The number of hydrogen-bond donors (Lipinski definition) is 2. The van der Waals surface area contributed by atoms with Crippen molar-refractivity contribution >= 4 is 27.9 Å². The molecule has 298 valence electrons. The first-order valence-corrected chi connectivity index (χ1v) is 20.8. The number of nitrogens with zero attached hydrogens (tertiary/aromatic N) is 5. The lowest BCUT2D eigenvalue weighted by molar-refractivity contribution is -0.162. The second-order valence-electron chi connectivity index (χ2n) is 18.3. The predicted molar refractivity (Wildman–Crippen MR) is 219 cm³/mol. The number of rotatable bonds is 13. The van der Waals surface area contributed by atoms with E-state index in [1.54, 1.807) is 20.5 Å². The number of nitrogens with one attached hydrogen (secondary N) is 2. The van der Waals surface area contributed by atoms with E-state index in [1.165, 1.54) is 44.1 Å². The van der Waals surface area contributed by atoms with E-state index in [-0.39, 0.29) is 23.7 Å². The molecule has 2 N–H and O–H groups in total. The summed E-state index contributed by atoms with van der Waals surface area (Å²) in [5.41, 5.74) is 5.65. The van der Waals surface area contributed by atoms with E-state index in [2.05, 4.69) is 89.8 Å². The van der Waals surface area contributed by atoms with E-state index in [0.717, 1.165) is 76.1 Å². The highest BCUT2D eigenvalue weighted by molar-refractivity contribution is 5.87. The van der Waals surface area contributed by atoms with Gasteiger partial charge in [0.15, 0.2) is 5.79 Å².